The van der Waals surface area contributed by atoms with Gasteiger partial charge in [-0.25, -0.2) is 0 Å². The molecule has 2 aliphatic rings. The molecule has 0 saturated heterocycles. The van der Waals surface area contributed by atoms with E-state index >= 15 is 0 Å². The molecule has 0 bridgehead atoms. The van der Waals surface area contributed by atoms with Crippen LogP contribution in [0.2, 0.25) is 10.0 Å². The first-order valence-corrected chi connectivity index (χ1v) is 7.74. The number of hydrogen-bond acceptors (Lipinski definition) is 2. The van der Waals surface area contributed by atoms with Crippen molar-refractivity contribution in [2.45, 2.75) is 50.2 Å². The Hall–Kier alpha value is -0.440. The van der Waals surface area contributed by atoms with Crippen LogP contribution >= 0.6 is 23.2 Å². The van der Waals surface area contributed by atoms with Gasteiger partial charge >= 0.3 is 0 Å². The van der Waals surface area contributed by atoms with Gasteiger partial charge < -0.3 is 10.1 Å². The van der Waals surface area contributed by atoms with Crippen LogP contribution < -0.4 is 10.1 Å². The molecule has 1 heterocycles. The Morgan fingerprint density at radius 2 is 1.95 bits per heavy atom. The van der Waals surface area contributed by atoms with E-state index < -0.39 is 0 Å². The van der Waals surface area contributed by atoms with E-state index in [4.69, 9.17) is 27.9 Å². The molecule has 0 amide bonds. The minimum Gasteiger partial charge on any atom is -0.485 e. The molecule has 1 aromatic rings. The Labute approximate surface area is 124 Å². The first kappa shape index (κ1) is 13.5. The van der Waals surface area contributed by atoms with Crippen LogP contribution in [0, 0.1) is 0 Å². The fourth-order valence-electron chi connectivity index (χ4n) is 3.45. The largest absolute Gasteiger partial charge is 0.485 e. The summed E-state index contributed by atoms with van der Waals surface area (Å²) in [7, 11) is 1.99. The molecule has 1 unspecified atom stereocenters. The third-order valence-corrected chi connectivity index (χ3v) is 4.92. The van der Waals surface area contributed by atoms with Crippen LogP contribution in [0.3, 0.4) is 0 Å². The molecular weight excluding hydrogens is 281 g/mol. The summed E-state index contributed by atoms with van der Waals surface area (Å²) in [4.78, 5) is 0. The molecular formula is C15H19Cl2NO. The molecule has 0 radical (unpaired) electrons. The molecule has 1 aromatic carbocycles. The van der Waals surface area contributed by atoms with Gasteiger partial charge in [0, 0.05) is 23.0 Å². The topological polar surface area (TPSA) is 21.3 Å². The lowest BCUT2D eigenvalue weighted by atomic mass is 9.77. The zero-order chi connectivity index (χ0) is 13.5. The number of benzene rings is 1. The SMILES string of the molecule is CNC1CC2(CCCCC2)Oc2c(Cl)cc(Cl)cc21. The quantitative estimate of drug-likeness (QED) is 0.809. The highest BCUT2D eigenvalue weighted by Gasteiger charge is 2.42. The molecule has 1 saturated carbocycles. The Morgan fingerprint density at radius 3 is 2.63 bits per heavy atom. The van der Waals surface area contributed by atoms with E-state index in [1.54, 1.807) is 6.07 Å². The predicted molar refractivity (Wildman–Crippen MR) is 79.3 cm³/mol. The van der Waals surface area contributed by atoms with Gasteiger partial charge in [-0.1, -0.05) is 29.6 Å². The molecule has 1 N–H and O–H groups in total. The van der Waals surface area contributed by atoms with Crippen LogP contribution in [-0.2, 0) is 0 Å². The van der Waals surface area contributed by atoms with E-state index in [9.17, 15) is 0 Å². The van der Waals surface area contributed by atoms with E-state index in [1.165, 1.54) is 19.3 Å². The van der Waals surface area contributed by atoms with Gasteiger partial charge in [-0.15, -0.1) is 0 Å². The summed E-state index contributed by atoms with van der Waals surface area (Å²) in [6.45, 7) is 0. The van der Waals surface area contributed by atoms with Crippen molar-refractivity contribution in [3.8, 4) is 5.75 Å². The zero-order valence-corrected chi connectivity index (χ0v) is 12.7. The van der Waals surface area contributed by atoms with Gasteiger partial charge in [-0.05, 0) is 44.9 Å². The summed E-state index contributed by atoms with van der Waals surface area (Å²) >= 11 is 12.4. The van der Waals surface area contributed by atoms with Crippen LogP contribution in [0.25, 0.3) is 0 Å². The first-order valence-electron chi connectivity index (χ1n) is 6.99. The highest BCUT2D eigenvalue weighted by molar-refractivity contribution is 6.35. The standard InChI is InChI=1S/C15H19Cl2NO/c1-18-13-9-15(5-3-2-4-6-15)19-14-11(13)7-10(16)8-12(14)17/h7-8,13,18H,2-6,9H2,1H3. The Kier molecular flexibility index (Phi) is 3.67. The third kappa shape index (κ3) is 2.46. The van der Waals surface area contributed by atoms with Crippen molar-refractivity contribution >= 4 is 23.2 Å². The highest BCUT2D eigenvalue weighted by atomic mass is 35.5. The lowest BCUT2D eigenvalue weighted by Gasteiger charge is -2.44. The molecule has 1 fully saturated rings. The van der Waals surface area contributed by atoms with Gasteiger partial charge in [0.05, 0.1) is 5.02 Å². The maximum Gasteiger partial charge on any atom is 0.143 e. The van der Waals surface area contributed by atoms with Crippen molar-refractivity contribution in [3.63, 3.8) is 0 Å². The molecule has 1 atom stereocenters. The summed E-state index contributed by atoms with van der Waals surface area (Å²) < 4.78 is 6.35. The van der Waals surface area contributed by atoms with Crippen LogP contribution in [-0.4, -0.2) is 12.6 Å². The van der Waals surface area contributed by atoms with Crippen LogP contribution in [0.5, 0.6) is 5.75 Å². The predicted octanol–water partition coefficient (Wildman–Crippen LogP) is 4.74. The van der Waals surface area contributed by atoms with Gasteiger partial charge in [-0.2, -0.15) is 0 Å². The van der Waals surface area contributed by atoms with E-state index in [0.717, 1.165) is 30.6 Å². The Bertz CT molecular complexity index is 483. The number of rotatable bonds is 1. The maximum absolute atomic E-state index is 6.35. The van der Waals surface area contributed by atoms with Gasteiger partial charge in [0.2, 0.25) is 0 Å². The number of hydrogen-bond donors (Lipinski definition) is 1. The highest BCUT2D eigenvalue weighted by Crippen LogP contribution is 2.49. The van der Waals surface area contributed by atoms with Crippen LogP contribution in [0.15, 0.2) is 12.1 Å². The number of halogens is 2. The maximum atomic E-state index is 6.35. The minimum absolute atomic E-state index is 0.0314. The number of ether oxygens (including phenoxy) is 1. The third-order valence-electron chi connectivity index (χ3n) is 4.42. The minimum atomic E-state index is -0.0314. The molecule has 19 heavy (non-hydrogen) atoms. The first-order chi connectivity index (χ1) is 9.13. The van der Waals surface area contributed by atoms with E-state index in [1.807, 2.05) is 13.1 Å². The Morgan fingerprint density at radius 1 is 1.21 bits per heavy atom. The molecule has 3 rings (SSSR count). The summed E-state index contributed by atoms with van der Waals surface area (Å²) in [5, 5.41) is 4.69. The normalized spacial score (nSPS) is 24.9. The van der Waals surface area contributed by atoms with Crippen molar-refractivity contribution in [1.29, 1.82) is 0 Å². The van der Waals surface area contributed by atoms with Gasteiger partial charge in [0.15, 0.2) is 0 Å². The second-order valence-electron chi connectivity index (χ2n) is 5.70. The second kappa shape index (κ2) is 5.16. The summed E-state index contributed by atoms with van der Waals surface area (Å²) in [6.07, 6.45) is 7.07. The summed E-state index contributed by atoms with van der Waals surface area (Å²) in [6, 6.07) is 4.02. The van der Waals surface area contributed by atoms with Gasteiger partial charge in [0.1, 0.15) is 11.4 Å². The molecule has 4 heteroatoms. The van der Waals surface area contributed by atoms with Crippen molar-refractivity contribution in [3.05, 3.63) is 27.7 Å². The van der Waals surface area contributed by atoms with E-state index in [-0.39, 0.29) is 11.6 Å². The molecule has 2 nitrogen and oxygen atoms in total. The number of nitrogens with one attached hydrogen (secondary N) is 1. The smallest absolute Gasteiger partial charge is 0.143 e. The summed E-state index contributed by atoms with van der Waals surface area (Å²) in [5.74, 6) is 0.832. The molecule has 1 spiro atoms. The van der Waals surface area contributed by atoms with Gasteiger partial charge in [0.25, 0.3) is 0 Å². The van der Waals surface area contributed by atoms with Crippen molar-refractivity contribution < 1.29 is 4.74 Å². The van der Waals surface area contributed by atoms with Crippen molar-refractivity contribution in [1.82, 2.24) is 5.32 Å². The lowest BCUT2D eigenvalue weighted by Crippen LogP contribution is -2.45. The average Bonchev–Trinajstić information content (AvgIpc) is 2.40. The van der Waals surface area contributed by atoms with Crippen molar-refractivity contribution in [2.75, 3.05) is 7.05 Å². The molecule has 1 aliphatic carbocycles. The second-order valence-corrected chi connectivity index (χ2v) is 6.54. The average molecular weight is 300 g/mol. The van der Waals surface area contributed by atoms with Crippen molar-refractivity contribution in [2.24, 2.45) is 0 Å². The van der Waals surface area contributed by atoms with Crippen LogP contribution in [0.4, 0.5) is 0 Å². The van der Waals surface area contributed by atoms with Crippen LogP contribution in [0.1, 0.15) is 50.1 Å². The van der Waals surface area contributed by atoms with Gasteiger partial charge in [-0.3, -0.25) is 0 Å². The number of fused-ring (bicyclic) bond motifs is 1. The van der Waals surface area contributed by atoms with E-state index in [2.05, 4.69) is 5.32 Å². The molecule has 0 aromatic heterocycles. The zero-order valence-electron chi connectivity index (χ0n) is 11.1. The van der Waals surface area contributed by atoms with E-state index in [0.29, 0.717) is 10.0 Å². The Balaban J connectivity index is 2.02. The molecule has 104 valence electrons. The summed E-state index contributed by atoms with van der Waals surface area (Å²) in [5.41, 5.74) is 1.06. The fraction of sp³-hybridized carbons (Fsp3) is 0.600. The lowest BCUT2D eigenvalue weighted by molar-refractivity contribution is -0.00165. The monoisotopic (exact) mass is 299 g/mol. The molecule has 1 aliphatic heterocycles. The fourth-order valence-corrected chi connectivity index (χ4v) is 3.99.